The Labute approximate surface area is 143 Å². The van der Waals surface area contributed by atoms with E-state index in [1.165, 1.54) is 0 Å². The maximum Gasteiger partial charge on any atom is 0.313 e. The van der Waals surface area contributed by atoms with Gasteiger partial charge in [-0.2, -0.15) is 0 Å². The molecule has 0 saturated heterocycles. The zero-order valence-corrected chi connectivity index (χ0v) is 14.6. The Morgan fingerprint density at radius 3 is 2.12 bits per heavy atom. The molecule has 0 aliphatic carbocycles. The predicted octanol–water partition coefficient (Wildman–Crippen LogP) is 3.47. The van der Waals surface area contributed by atoms with Crippen molar-refractivity contribution in [2.75, 3.05) is 11.9 Å². The normalized spacial score (nSPS) is 11.7. The molecule has 126 valence electrons. The molecule has 0 unspecified atom stereocenters. The highest BCUT2D eigenvalue weighted by atomic mass is 16.2. The molecule has 2 rings (SSSR count). The molecule has 0 heterocycles. The van der Waals surface area contributed by atoms with Crippen molar-refractivity contribution in [3.8, 4) is 0 Å². The van der Waals surface area contributed by atoms with Crippen LogP contribution in [0.2, 0.25) is 0 Å². The molecule has 0 fully saturated rings. The summed E-state index contributed by atoms with van der Waals surface area (Å²) in [4.78, 5) is 24.2. The lowest BCUT2D eigenvalue weighted by atomic mass is 10.0. The first-order valence-corrected chi connectivity index (χ1v) is 8.10. The first kappa shape index (κ1) is 17.7. The van der Waals surface area contributed by atoms with Crippen LogP contribution < -0.4 is 10.6 Å². The van der Waals surface area contributed by atoms with Crippen LogP contribution in [0, 0.1) is 20.8 Å². The summed E-state index contributed by atoms with van der Waals surface area (Å²) in [6, 6.07) is 13.9. The highest BCUT2D eigenvalue weighted by Gasteiger charge is 2.17. The summed E-state index contributed by atoms with van der Waals surface area (Å²) in [5.74, 6) is -1.10. The highest BCUT2D eigenvalue weighted by molar-refractivity contribution is 6.39. The summed E-state index contributed by atoms with van der Waals surface area (Å²) < 4.78 is 0. The van der Waals surface area contributed by atoms with Crippen LogP contribution in [0.5, 0.6) is 0 Å². The molecule has 0 aliphatic heterocycles. The fourth-order valence-electron chi connectivity index (χ4n) is 2.77. The molecule has 4 heteroatoms. The summed E-state index contributed by atoms with van der Waals surface area (Å²) in [6.45, 7) is 8.28. The number of anilines is 1. The van der Waals surface area contributed by atoms with Gasteiger partial charge in [-0.05, 0) is 43.4 Å². The molecule has 2 amide bonds. The van der Waals surface area contributed by atoms with Gasteiger partial charge in [-0.25, -0.2) is 0 Å². The minimum absolute atomic E-state index is 0.144. The second kappa shape index (κ2) is 7.77. The van der Waals surface area contributed by atoms with Crippen molar-refractivity contribution >= 4 is 17.5 Å². The summed E-state index contributed by atoms with van der Waals surface area (Å²) in [5, 5.41) is 5.42. The molecule has 24 heavy (non-hydrogen) atoms. The van der Waals surface area contributed by atoms with Crippen molar-refractivity contribution in [1.29, 1.82) is 0 Å². The van der Waals surface area contributed by atoms with E-state index in [4.69, 9.17) is 0 Å². The fraction of sp³-hybridized carbons (Fsp3) is 0.300. The Morgan fingerprint density at radius 1 is 0.958 bits per heavy atom. The molecule has 0 saturated carbocycles. The van der Waals surface area contributed by atoms with Gasteiger partial charge >= 0.3 is 11.8 Å². The quantitative estimate of drug-likeness (QED) is 0.846. The molecule has 2 aromatic carbocycles. The summed E-state index contributed by atoms with van der Waals surface area (Å²) in [6.07, 6.45) is 0. The zero-order valence-electron chi connectivity index (χ0n) is 14.6. The predicted molar refractivity (Wildman–Crippen MR) is 97.1 cm³/mol. The van der Waals surface area contributed by atoms with E-state index in [0.29, 0.717) is 12.2 Å². The maximum absolute atomic E-state index is 12.1. The Morgan fingerprint density at radius 2 is 1.54 bits per heavy atom. The van der Waals surface area contributed by atoms with Crippen molar-refractivity contribution < 1.29 is 9.59 Å². The summed E-state index contributed by atoms with van der Waals surface area (Å²) in [7, 11) is 0. The van der Waals surface area contributed by atoms with Gasteiger partial charge in [-0.3, -0.25) is 9.59 Å². The first-order chi connectivity index (χ1) is 11.4. The Hall–Kier alpha value is -2.62. The van der Waals surface area contributed by atoms with E-state index in [2.05, 4.69) is 10.6 Å². The lowest BCUT2D eigenvalue weighted by molar-refractivity contribution is -0.136. The second-order valence-electron chi connectivity index (χ2n) is 6.25. The molecule has 0 aromatic heterocycles. The smallest absolute Gasteiger partial charge is 0.313 e. The van der Waals surface area contributed by atoms with E-state index in [-0.39, 0.29) is 5.92 Å². The number of carbonyl (C=O) groups excluding carboxylic acids is 2. The number of carbonyl (C=O) groups is 2. The lowest BCUT2D eigenvalue weighted by Gasteiger charge is -2.15. The van der Waals surface area contributed by atoms with Crippen molar-refractivity contribution in [3.63, 3.8) is 0 Å². The van der Waals surface area contributed by atoms with Gasteiger partial charge in [-0.15, -0.1) is 0 Å². The van der Waals surface area contributed by atoms with Gasteiger partial charge in [0.1, 0.15) is 0 Å². The molecule has 0 bridgehead atoms. The van der Waals surface area contributed by atoms with Gasteiger partial charge in [0, 0.05) is 12.2 Å². The number of amides is 2. The van der Waals surface area contributed by atoms with Crippen LogP contribution >= 0.6 is 0 Å². The molecule has 2 aromatic rings. The van der Waals surface area contributed by atoms with Crippen LogP contribution in [0.25, 0.3) is 0 Å². The average Bonchev–Trinajstić information content (AvgIpc) is 2.56. The van der Waals surface area contributed by atoms with Gasteiger partial charge in [0.25, 0.3) is 0 Å². The molecule has 0 spiro atoms. The Balaban J connectivity index is 1.95. The van der Waals surface area contributed by atoms with Crippen molar-refractivity contribution in [2.24, 2.45) is 0 Å². The monoisotopic (exact) mass is 324 g/mol. The maximum atomic E-state index is 12.1. The molecular weight excluding hydrogens is 300 g/mol. The summed E-state index contributed by atoms with van der Waals surface area (Å²) >= 11 is 0. The number of aryl methyl sites for hydroxylation is 3. The van der Waals surface area contributed by atoms with Crippen molar-refractivity contribution in [1.82, 2.24) is 5.32 Å². The summed E-state index contributed by atoms with van der Waals surface area (Å²) in [5.41, 5.74) is 4.86. The lowest BCUT2D eigenvalue weighted by Crippen LogP contribution is -2.37. The first-order valence-electron chi connectivity index (χ1n) is 8.10. The molecule has 1 atom stereocenters. The molecule has 0 radical (unpaired) electrons. The van der Waals surface area contributed by atoms with Crippen LogP contribution in [0.3, 0.4) is 0 Å². The molecular formula is C20H24N2O2. The Bertz CT molecular complexity index is 716. The van der Waals surface area contributed by atoms with Crippen molar-refractivity contribution in [3.05, 3.63) is 64.7 Å². The van der Waals surface area contributed by atoms with Gasteiger partial charge in [0.15, 0.2) is 0 Å². The van der Waals surface area contributed by atoms with Gasteiger partial charge in [0.2, 0.25) is 0 Å². The van der Waals surface area contributed by atoms with Gasteiger partial charge in [-0.1, -0.05) is 55.0 Å². The number of nitrogens with one attached hydrogen (secondary N) is 2. The van der Waals surface area contributed by atoms with E-state index in [1.807, 2.05) is 70.2 Å². The van der Waals surface area contributed by atoms with E-state index in [0.717, 1.165) is 22.3 Å². The van der Waals surface area contributed by atoms with Crippen LogP contribution in [0.4, 0.5) is 5.69 Å². The minimum atomic E-state index is -0.634. The number of benzene rings is 2. The van der Waals surface area contributed by atoms with Crippen molar-refractivity contribution in [2.45, 2.75) is 33.6 Å². The SMILES string of the molecule is Cc1cc(C)c(NC(=O)C(=O)NC[C@@H](C)c2ccccc2)c(C)c1. The number of rotatable bonds is 4. The van der Waals surface area contributed by atoms with E-state index >= 15 is 0 Å². The third kappa shape index (κ3) is 4.44. The van der Waals surface area contributed by atoms with Crippen LogP contribution in [0.15, 0.2) is 42.5 Å². The van der Waals surface area contributed by atoms with E-state index < -0.39 is 11.8 Å². The van der Waals surface area contributed by atoms with Crippen LogP contribution in [-0.2, 0) is 9.59 Å². The fourth-order valence-corrected chi connectivity index (χ4v) is 2.77. The van der Waals surface area contributed by atoms with Crippen LogP contribution in [-0.4, -0.2) is 18.4 Å². The number of hydrogen-bond donors (Lipinski definition) is 2. The average molecular weight is 324 g/mol. The Kier molecular flexibility index (Phi) is 5.74. The molecule has 2 N–H and O–H groups in total. The minimum Gasteiger partial charge on any atom is -0.347 e. The van der Waals surface area contributed by atoms with Crippen LogP contribution in [0.1, 0.15) is 35.1 Å². The molecule has 0 aliphatic rings. The van der Waals surface area contributed by atoms with Gasteiger partial charge < -0.3 is 10.6 Å². The van der Waals surface area contributed by atoms with Gasteiger partial charge in [0.05, 0.1) is 0 Å². The molecule has 4 nitrogen and oxygen atoms in total. The third-order valence-corrected chi connectivity index (χ3v) is 4.06. The third-order valence-electron chi connectivity index (χ3n) is 4.06. The van der Waals surface area contributed by atoms with E-state index in [9.17, 15) is 9.59 Å². The number of hydrogen-bond acceptors (Lipinski definition) is 2. The zero-order chi connectivity index (χ0) is 17.7. The largest absolute Gasteiger partial charge is 0.347 e. The standard InChI is InChI=1S/C20H24N2O2/c1-13-10-14(2)18(15(3)11-13)22-20(24)19(23)21-12-16(4)17-8-6-5-7-9-17/h5-11,16H,12H2,1-4H3,(H,21,23)(H,22,24)/t16-/m1/s1. The second-order valence-corrected chi connectivity index (χ2v) is 6.25. The van der Waals surface area contributed by atoms with E-state index in [1.54, 1.807) is 0 Å². The topological polar surface area (TPSA) is 58.2 Å². The highest BCUT2D eigenvalue weighted by Crippen LogP contribution is 2.21.